The molecule has 8 heteroatoms. The Morgan fingerprint density at radius 3 is 2.00 bits per heavy atom. The summed E-state index contributed by atoms with van der Waals surface area (Å²) in [6.45, 7) is 0.200. The number of primary amides is 1. The molecule has 2 amide bonds. The number of hydrogen-bond donors (Lipinski definition) is 1. The number of carbonyl (C=O) groups is 2. The highest BCUT2D eigenvalue weighted by Crippen LogP contribution is 2.44. The average molecular weight is 442 g/mol. The lowest BCUT2D eigenvalue weighted by Gasteiger charge is -2.31. The van der Waals surface area contributed by atoms with Gasteiger partial charge in [-0.15, -0.1) is 0 Å². The Kier molecular flexibility index (Phi) is 5.45. The van der Waals surface area contributed by atoms with Gasteiger partial charge in [-0.1, -0.05) is 35.9 Å². The van der Waals surface area contributed by atoms with Crippen LogP contribution in [0.1, 0.15) is 29.3 Å². The monoisotopic (exact) mass is 441 g/mol. The van der Waals surface area contributed by atoms with Crippen molar-refractivity contribution in [3.8, 4) is 0 Å². The maximum atomic E-state index is 13.9. The summed E-state index contributed by atoms with van der Waals surface area (Å²) in [5.74, 6) is -2.02. The van der Waals surface area contributed by atoms with E-state index < -0.39 is 34.9 Å². The quantitative estimate of drug-likeness (QED) is 0.655. The molecule has 0 spiro atoms. The number of benzene rings is 2. The molecule has 1 aromatic heterocycles. The molecule has 158 valence electrons. The Hall–Kier alpha value is -3.32. The minimum absolute atomic E-state index is 0.200. The molecule has 4 rings (SSSR count). The minimum atomic E-state index is -1.22. The van der Waals surface area contributed by atoms with E-state index in [4.69, 9.17) is 17.3 Å². The number of hydrogen-bond acceptors (Lipinski definition) is 3. The normalized spacial score (nSPS) is 16.4. The molecule has 1 aliphatic rings. The van der Waals surface area contributed by atoms with Gasteiger partial charge in [0.05, 0.1) is 10.7 Å². The zero-order chi connectivity index (χ0) is 22.2. The first-order valence-electron chi connectivity index (χ1n) is 9.57. The highest BCUT2D eigenvalue weighted by Gasteiger charge is 2.52. The van der Waals surface area contributed by atoms with E-state index in [1.54, 1.807) is 12.1 Å². The summed E-state index contributed by atoms with van der Waals surface area (Å²) in [5, 5.41) is 0.381. The van der Waals surface area contributed by atoms with E-state index in [1.165, 1.54) is 59.6 Å². The third-order valence-electron chi connectivity index (χ3n) is 5.64. The van der Waals surface area contributed by atoms with E-state index in [0.717, 1.165) is 0 Å². The smallest absolute Gasteiger partial charge is 0.246 e. The Balaban J connectivity index is 1.83. The Bertz CT molecular complexity index is 1070. The van der Waals surface area contributed by atoms with E-state index in [1.807, 2.05) is 0 Å². The molecule has 2 heterocycles. The number of nitrogens with two attached hydrogens (primary N) is 1. The summed E-state index contributed by atoms with van der Waals surface area (Å²) in [4.78, 5) is 31.7. The predicted molar refractivity (Wildman–Crippen MR) is 111 cm³/mol. The van der Waals surface area contributed by atoms with E-state index in [2.05, 4.69) is 4.98 Å². The minimum Gasteiger partial charge on any atom is -0.368 e. The van der Waals surface area contributed by atoms with Gasteiger partial charge in [0.1, 0.15) is 17.0 Å². The number of rotatable bonds is 5. The van der Waals surface area contributed by atoms with Crippen LogP contribution < -0.4 is 5.73 Å². The summed E-state index contributed by atoms with van der Waals surface area (Å²) < 4.78 is 27.2. The van der Waals surface area contributed by atoms with Crippen molar-refractivity contribution < 1.29 is 18.4 Å². The van der Waals surface area contributed by atoms with E-state index >= 15 is 0 Å². The maximum Gasteiger partial charge on any atom is 0.246 e. The third kappa shape index (κ3) is 3.65. The zero-order valence-electron chi connectivity index (χ0n) is 16.3. The molecule has 1 saturated heterocycles. The van der Waals surface area contributed by atoms with Gasteiger partial charge >= 0.3 is 0 Å². The molecule has 0 radical (unpaired) electrons. The number of nitrogens with zero attached hydrogens (tertiary/aromatic N) is 2. The van der Waals surface area contributed by atoms with Crippen molar-refractivity contribution in [2.45, 2.75) is 17.9 Å². The summed E-state index contributed by atoms with van der Waals surface area (Å²) in [6, 6.07) is 13.2. The summed E-state index contributed by atoms with van der Waals surface area (Å²) in [5.41, 5.74) is 5.80. The molecule has 0 bridgehead atoms. The van der Waals surface area contributed by atoms with Crippen LogP contribution in [0.3, 0.4) is 0 Å². The molecule has 3 aromatic rings. The van der Waals surface area contributed by atoms with Gasteiger partial charge in [-0.25, -0.2) is 8.78 Å². The number of carbonyl (C=O) groups excluding carboxylic acids is 2. The van der Waals surface area contributed by atoms with Crippen molar-refractivity contribution in [1.82, 2.24) is 9.88 Å². The topological polar surface area (TPSA) is 76.3 Å². The molecule has 2 N–H and O–H groups in total. The second kappa shape index (κ2) is 8.07. The van der Waals surface area contributed by atoms with Crippen LogP contribution in [-0.2, 0) is 15.0 Å². The lowest BCUT2D eigenvalue weighted by Crippen LogP contribution is -2.44. The molecule has 0 aliphatic carbocycles. The average Bonchev–Trinajstić information content (AvgIpc) is 3.08. The van der Waals surface area contributed by atoms with Crippen molar-refractivity contribution in [3.05, 3.63) is 100 Å². The number of pyridine rings is 1. The van der Waals surface area contributed by atoms with E-state index in [-0.39, 0.29) is 6.54 Å². The number of amides is 2. The van der Waals surface area contributed by atoms with Gasteiger partial charge in [-0.2, -0.15) is 0 Å². The second-order valence-corrected chi connectivity index (χ2v) is 7.81. The molecule has 2 aromatic carbocycles. The van der Waals surface area contributed by atoms with Crippen LogP contribution in [0, 0.1) is 11.6 Å². The fourth-order valence-electron chi connectivity index (χ4n) is 4.17. The number of halogens is 3. The van der Waals surface area contributed by atoms with Crippen LogP contribution in [0.4, 0.5) is 8.78 Å². The van der Waals surface area contributed by atoms with Crippen LogP contribution in [0.5, 0.6) is 0 Å². The number of aromatic nitrogens is 1. The summed E-state index contributed by atoms with van der Waals surface area (Å²) in [6.07, 6.45) is 1.67. The second-order valence-electron chi connectivity index (χ2n) is 7.37. The molecule has 5 nitrogen and oxygen atoms in total. The lowest BCUT2D eigenvalue weighted by molar-refractivity contribution is -0.138. The molecule has 1 aliphatic heterocycles. The van der Waals surface area contributed by atoms with E-state index in [0.29, 0.717) is 28.3 Å². The Labute approximate surface area is 182 Å². The number of likely N-dealkylation sites (tertiary alicyclic amines) is 1. The van der Waals surface area contributed by atoms with Crippen LogP contribution in [0.15, 0.2) is 66.9 Å². The molecule has 0 saturated carbocycles. The highest BCUT2D eigenvalue weighted by atomic mass is 35.5. The highest BCUT2D eigenvalue weighted by molar-refractivity contribution is 6.30. The molecular formula is C23H18ClF2N3O2. The molecule has 1 fully saturated rings. The van der Waals surface area contributed by atoms with Crippen LogP contribution >= 0.6 is 11.6 Å². The van der Waals surface area contributed by atoms with Gasteiger partial charge in [0.2, 0.25) is 11.8 Å². The summed E-state index contributed by atoms with van der Waals surface area (Å²) in [7, 11) is 0. The fourth-order valence-corrected chi connectivity index (χ4v) is 4.28. The van der Waals surface area contributed by atoms with Crippen molar-refractivity contribution in [2.75, 3.05) is 6.54 Å². The van der Waals surface area contributed by atoms with Gasteiger partial charge in [0.15, 0.2) is 6.04 Å². The maximum absolute atomic E-state index is 13.9. The Morgan fingerprint density at radius 2 is 1.55 bits per heavy atom. The van der Waals surface area contributed by atoms with Crippen LogP contribution in [0.2, 0.25) is 5.02 Å². The summed E-state index contributed by atoms with van der Waals surface area (Å²) >= 11 is 5.89. The molecule has 1 atom stereocenters. The largest absolute Gasteiger partial charge is 0.368 e. The van der Waals surface area contributed by atoms with Gasteiger partial charge in [0.25, 0.3) is 0 Å². The van der Waals surface area contributed by atoms with Crippen molar-refractivity contribution in [1.29, 1.82) is 0 Å². The molecular weight excluding hydrogens is 424 g/mol. The third-order valence-corrected chi connectivity index (χ3v) is 5.86. The fraction of sp³-hybridized carbons (Fsp3) is 0.174. The first-order valence-corrected chi connectivity index (χ1v) is 9.94. The zero-order valence-corrected chi connectivity index (χ0v) is 17.0. The van der Waals surface area contributed by atoms with Crippen molar-refractivity contribution in [3.63, 3.8) is 0 Å². The van der Waals surface area contributed by atoms with Gasteiger partial charge < -0.3 is 10.6 Å². The lowest BCUT2D eigenvalue weighted by atomic mass is 9.73. The van der Waals surface area contributed by atoms with E-state index in [9.17, 15) is 18.4 Å². The Morgan fingerprint density at radius 1 is 1.00 bits per heavy atom. The van der Waals surface area contributed by atoms with Gasteiger partial charge in [0, 0.05) is 12.7 Å². The standard InChI is InChI=1S/C23H18ClF2N3O2/c24-16-5-10-19(28-13-16)20(21(27)30)29-12-11-23(22(29)31,14-1-6-17(25)7-2-14)15-3-8-18(26)9-4-15/h1-10,13,20H,11-12H2,(H2,27,30). The SMILES string of the molecule is NC(=O)C(c1ccc(Cl)cn1)N1CCC(c2ccc(F)cc2)(c2ccc(F)cc2)C1=O. The molecule has 1 unspecified atom stereocenters. The first kappa shape index (κ1) is 20.9. The van der Waals surface area contributed by atoms with Crippen molar-refractivity contribution in [2.24, 2.45) is 5.73 Å². The first-order chi connectivity index (χ1) is 14.8. The molecule has 31 heavy (non-hydrogen) atoms. The van der Waals surface area contributed by atoms with Crippen LogP contribution in [-0.4, -0.2) is 28.2 Å². The van der Waals surface area contributed by atoms with Crippen LogP contribution in [0.25, 0.3) is 0 Å². The van der Waals surface area contributed by atoms with Crippen molar-refractivity contribution >= 4 is 23.4 Å². The van der Waals surface area contributed by atoms with Gasteiger partial charge in [-0.3, -0.25) is 14.6 Å². The van der Waals surface area contributed by atoms with Gasteiger partial charge in [-0.05, 0) is 53.9 Å². The predicted octanol–water partition coefficient (Wildman–Crippen LogP) is 3.76.